The molecule has 0 aliphatic carbocycles. The van der Waals surface area contributed by atoms with Gasteiger partial charge in [-0.1, -0.05) is 11.3 Å². The van der Waals surface area contributed by atoms with Crippen LogP contribution >= 0.6 is 24.0 Å². The van der Waals surface area contributed by atoms with Gasteiger partial charge in [-0.2, -0.15) is 12.6 Å². The Bertz CT molecular complexity index is 1150. The molecule has 0 bridgehead atoms. The summed E-state index contributed by atoms with van der Waals surface area (Å²) >= 11 is 5.31. The van der Waals surface area contributed by atoms with E-state index in [4.69, 9.17) is 16.2 Å². The van der Waals surface area contributed by atoms with E-state index in [9.17, 15) is 22.4 Å². The van der Waals surface area contributed by atoms with Crippen molar-refractivity contribution in [2.75, 3.05) is 30.8 Å². The third-order valence-corrected chi connectivity index (χ3v) is 6.86. The van der Waals surface area contributed by atoms with Crippen molar-refractivity contribution in [1.82, 2.24) is 15.1 Å². The van der Waals surface area contributed by atoms with Crippen LogP contribution < -0.4 is 26.8 Å². The Labute approximate surface area is 225 Å². The van der Waals surface area contributed by atoms with Crippen molar-refractivity contribution in [3.63, 3.8) is 0 Å². The number of thiol groups is 1. The van der Waals surface area contributed by atoms with Crippen LogP contribution in [0.25, 0.3) is 0 Å². The molecule has 0 radical (unpaired) electrons. The smallest absolute Gasteiger partial charge is 0.406 e. The lowest BCUT2D eigenvalue weighted by Crippen LogP contribution is -2.40. The fourth-order valence-corrected chi connectivity index (χ4v) is 4.89. The molecule has 6 N–H and O–H groups in total. The summed E-state index contributed by atoms with van der Waals surface area (Å²) in [7, 11) is 1.19. The van der Waals surface area contributed by atoms with Gasteiger partial charge in [0.2, 0.25) is 10.3 Å². The molecule has 1 amide bonds. The number of nitrogens with zero attached hydrogens (tertiary/aromatic N) is 3. The zero-order valence-electron chi connectivity index (χ0n) is 20.1. The van der Waals surface area contributed by atoms with E-state index in [1.165, 1.54) is 13.3 Å². The maximum atomic E-state index is 14.4. The van der Waals surface area contributed by atoms with E-state index in [0.29, 0.717) is 11.0 Å². The standard InChI is InChI=1S/C22H27F4N7O3S2/c1-35-17(18(37)14-11-13(4-5-15(14)23)36-22(24,25)26)19(34)30-21-32-31-20(38-21)29-12-6-9-33(10-7-12)16(28)3-2-8-27/h2-5,8,11-12,17-18,37H,6-7,9-10,27-28H2,1H3,(H,29,31)(H,30,32,34)/b8-2-,16-3+. The number of aromatic nitrogens is 2. The van der Waals surface area contributed by atoms with Crippen LogP contribution in [0.5, 0.6) is 5.75 Å². The van der Waals surface area contributed by atoms with Gasteiger partial charge in [0.15, 0.2) is 6.10 Å². The minimum atomic E-state index is -4.97. The molecule has 38 heavy (non-hydrogen) atoms. The van der Waals surface area contributed by atoms with Gasteiger partial charge in [-0.15, -0.1) is 23.4 Å². The van der Waals surface area contributed by atoms with Gasteiger partial charge in [0.1, 0.15) is 11.6 Å². The minimum absolute atomic E-state index is 0.114. The number of carbonyl (C=O) groups is 1. The number of methoxy groups -OCH3 is 1. The molecule has 1 aliphatic heterocycles. The molecule has 2 unspecified atom stereocenters. The van der Waals surface area contributed by atoms with Crippen molar-refractivity contribution in [2.24, 2.45) is 11.5 Å². The molecule has 1 aliphatic rings. The van der Waals surface area contributed by atoms with Crippen molar-refractivity contribution in [2.45, 2.75) is 36.6 Å². The van der Waals surface area contributed by atoms with Gasteiger partial charge in [-0.05, 0) is 49.4 Å². The average molecular weight is 578 g/mol. The van der Waals surface area contributed by atoms with Gasteiger partial charge in [0, 0.05) is 31.8 Å². The van der Waals surface area contributed by atoms with Crippen LogP contribution in [0.4, 0.5) is 27.8 Å². The maximum Gasteiger partial charge on any atom is 0.573 e. The highest BCUT2D eigenvalue weighted by molar-refractivity contribution is 7.80. The SMILES string of the molecule is COC(C(=O)Nc1nnc(NC2CCN(/C(N)=C/C=C\N)CC2)s1)C(S)c1cc(OC(F)(F)F)ccc1F. The molecule has 2 atom stereocenters. The van der Waals surface area contributed by atoms with Crippen molar-refractivity contribution in [1.29, 1.82) is 0 Å². The van der Waals surface area contributed by atoms with E-state index in [1.54, 1.807) is 12.2 Å². The van der Waals surface area contributed by atoms with Gasteiger partial charge in [-0.25, -0.2) is 4.39 Å². The molecule has 2 aromatic rings. The number of anilines is 2. The number of benzene rings is 1. The van der Waals surface area contributed by atoms with E-state index in [0.717, 1.165) is 55.5 Å². The van der Waals surface area contributed by atoms with Crippen molar-refractivity contribution in [3.05, 3.63) is 53.8 Å². The number of nitrogens with one attached hydrogen (secondary N) is 2. The highest BCUT2D eigenvalue weighted by Gasteiger charge is 2.33. The predicted molar refractivity (Wildman–Crippen MR) is 138 cm³/mol. The molecule has 1 fully saturated rings. The summed E-state index contributed by atoms with van der Waals surface area (Å²) < 4.78 is 61.0. The summed E-state index contributed by atoms with van der Waals surface area (Å²) in [6.07, 6.45) is 0.0454. The molecule has 0 spiro atoms. The number of rotatable bonds is 10. The molecule has 16 heteroatoms. The van der Waals surface area contributed by atoms with Crippen molar-refractivity contribution >= 4 is 40.1 Å². The number of carbonyl (C=O) groups excluding carboxylic acids is 1. The third kappa shape index (κ3) is 8.13. The lowest BCUT2D eigenvalue weighted by Gasteiger charge is -2.33. The molecule has 3 rings (SSSR count). The van der Waals surface area contributed by atoms with Gasteiger partial charge < -0.3 is 31.2 Å². The zero-order valence-corrected chi connectivity index (χ0v) is 21.8. The first-order chi connectivity index (χ1) is 18.0. The van der Waals surface area contributed by atoms with E-state index in [2.05, 4.69) is 38.2 Å². The Balaban J connectivity index is 1.59. The third-order valence-electron chi connectivity index (χ3n) is 5.54. The lowest BCUT2D eigenvalue weighted by atomic mass is 10.1. The average Bonchev–Trinajstić information content (AvgIpc) is 3.30. The summed E-state index contributed by atoms with van der Waals surface area (Å²) in [5.74, 6) is -1.64. The number of amides is 1. The first-order valence-corrected chi connectivity index (χ1v) is 12.6. The molecule has 208 valence electrons. The van der Waals surface area contributed by atoms with Crippen LogP contribution in [0.2, 0.25) is 0 Å². The van der Waals surface area contributed by atoms with Gasteiger partial charge in [0.25, 0.3) is 5.91 Å². The first kappa shape index (κ1) is 29.3. The quantitative estimate of drug-likeness (QED) is 0.163. The van der Waals surface area contributed by atoms with E-state index < -0.39 is 35.2 Å². The van der Waals surface area contributed by atoms with Crippen LogP contribution in [0.1, 0.15) is 23.7 Å². The van der Waals surface area contributed by atoms with Gasteiger partial charge in [-0.3, -0.25) is 10.1 Å². The van der Waals surface area contributed by atoms with E-state index >= 15 is 0 Å². The van der Waals surface area contributed by atoms with Gasteiger partial charge >= 0.3 is 6.36 Å². The molecule has 1 aromatic carbocycles. The van der Waals surface area contributed by atoms with E-state index in [-0.39, 0.29) is 16.7 Å². The topological polar surface area (TPSA) is 141 Å². The highest BCUT2D eigenvalue weighted by Crippen LogP contribution is 2.33. The Morgan fingerprint density at radius 1 is 1.29 bits per heavy atom. The second-order valence-electron chi connectivity index (χ2n) is 8.12. The number of ether oxygens (including phenoxy) is 2. The number of hydrogen-bond donors (Lipinski definition) is 5. The molecule has 1 aromatic heterocycles. The fraction of sp³-hybridized carbons (Fsp3) is 0.409. The Kier molecular flexibility index (Phi) is 10.0. The minimum Gasteiger partial charge on any atom is -0.406 e. The molecular weight excluding hydrogens is 550 g/mol. The maximum absolute atomic E-state index is 14.4. The number of hydrogen-bond acceptors (Lipinski definition) is 11. The monoisotopic (exact) mass is 577 g/mol. The van der Waals surface area contributed by atoms with Crippen LogP contribution in [0.15, 0.2) is 42.4 Å². The largest absolute Gasteiger partial charge is 0.573 e. The zero-order chi connectivity index (χ0) is 27.9. The molecule has 2 heterocycles. The number of piperidine rings is 1. The summed E-state index contributed by atoms with van der Waals surface area (Å²) in [6.45, 7) is 1.46. The number of allylic oxidation sites excluding steroid dienone is 2. The number of alkyl halides is 3. The Morgan fingerprint density at radius 3 is 2.61 bits per heavy atom. The second kappa shape index (κ2) is 13.0. The van der Waals surface area contributed by atoms with Crippen LogP contribution in [-0.2, 0) is 9.53 Å². The summed E-state index contributed by atoms with van der Waals surface area (Å²) in [5.41, 5.74) is 11.1. The summed E-state index contributed by atoms with van der Waals surface area (Å²) in [6, 6.07) is 2.54. The second-order valence-corrected chi connectivity index (χ2v) is 9.65. The summed E-state index contributed by atoms with van der Waals surface area (Å²) in [4.78, 5) is 14.9. The first-order valence-electron chi connectivity index (χ1n) is 11.3. The van der Waals surface area contributed by atoms with E-state index in [1.807, 2.05) is 4.90 Å². The summed E-state index contributed by atoms with van der Waals surface area (Å²) in [5, 5.41) is 13.1. The lowest BCUT2D eigenvalue weighted by molar-refractivity contribution is -0.274. The molecule has 0 saturated carbocycles. The normalized spacial score (nSPS) is 16.9. The predicted octanol–water partition coefficient (Wildman–Crippen LogP) is 3.35. The van der Waals surface area contributed by atoms with Crippen LogP contribution in [0, 0.1) is 5.82 Å². The van der Waals surface area contributed by atoms with Crippen LogP contribution in [0.3, 0.4) is 0 Å². The molecule has 1 saturated heterocycles. The molecular formula is C22H27F4N7O3S2. The molecule has 10 nitrogen and oxygen atoms in total. The van der Waals surface area contributed by atoms with Crippen molar-refractivity contribution in [3.8, 4) is 5.75 Å². The Hall–Kier alpha value is -3.24. The highest BCUT2D eigenvalue weighted by atomic mass is 32.1. The van der Waals surface area contributed by atoms with Gasteiger partial charge in [0.05, 0.1) is 11.1 Å². The Morgan fingerprint density at radius 2 is 1.97 bits per heavy atom. The number of likely N-dealkylation sites (tertiary alicyclic amines) is 1. The number of halogens is 4. The number of nitrogens with two attached hydrogens (primary N) is 2. The van der Waals surface area contributed by atoms with Crippen molar-refractivity contribution < 1.29 is 31.8 Å². The van der Waals surface area contributed by atoms with Crippen LogP contribution in [-0.4, -0.2) is 59.7 Å². The fourth-order valence-electron chi connectivity index (χ4n) is 3.71.